The highest BCUT2D eigenvalue weighted by molar-refractivity contribution is 7.87. The minimum atomic E-state index is -4.57. The molecule has 1 fully saturated rings. The lowest BCUT2D eigenvalue weighted by atomic mass is 10.4. The first-order valence-corrected chi connectivity index (χ1v) is 6.43. The van der Waals surface area contributed by atoms with E-state index in [1.165, 1.54) is 4.72 Å². The lowest BCUT2D eigenvalue weighted by Crippen LogP contribution is -2.45. The molecule has 0 saturated heterocycles. The van der Waals surface area contributed by atoms with Gasteiger partial charge in [-0.3, -0.25) is 0 Å². The van der Waals surface area contributed by atoms with Crippen LogP contribution in [0.25, 0.3) is 0 Å². The molecular formula is C9H13F3N2O2S. The summed E-state index contributed by atoms with van der Waals surface area (Å²) in [6, 6.07) is 0. The summed E-state index contributed by atoms with van der Waals surface area (Å²) in [6.07, 6.45) is 2.19. The van der Waals surface area contributed by atoms with Crippen LogP contribution in [0.15, 0.2) is 0 Å². The van der Waals surface area contributed by atoms with Crippen LogP contribution in [0.2, 0.25) is 0 Å². The van der Waals surface area contributed by atoms with Gasteiger partial charge in [0.1, 0.15) is 6.54 Å². The predicted molar refractivity (Wildman–Crippen MR) is 56.1 cm³/mol. The molecule has 1 rings (SSSR count). The predicted octanol–water partition coefficient (Wildman–Crippen LogP) is 0.728. The van der Waals surface area contributed by atoms with Crippen molar-refractivity contribution >= 4 is 10.2 Å². The normalized spacial score (nSPS) is 17.1. The van der Waals surface area contributed by atoms with Crippen molar-refractivity contribution in [1.29, 1.82) is 0 Å². The molecule has 0 bridgehead atoms. The maximum absolute atomic E-state index is 11.9. The molecule has 0 radical (unpaired) electrons. The van der Waals surface area contributed by atoms with Gasteiger partial charge in [-0.1, -0.05) is 5.92 Å². The lowest BCUT2D eigenvalue weighted by molar-refractivity contribution is -0.121. The van der Waals surface area contributed by atoms with Crippen molar-refractivity contribution in [3.63, 3.8) is 0 Å². The molecule has 1 aliphatic rings. The van der Waals surface area contributed by atoms with Crippen LogP contribution in [-0.2, 0) is 10.2 Å². The molecule has 0 aromatic rings. The van der Waals surface area contributed by atoms with Crippen LogP contribution < -0.4 is 4.72 Å². The van der Waals surface area contributed by atoms with Crippen molar-refractivity contribution in [2.45, 2.75) is 19.0 Å². The van der Waals surface area contributed by atoms with Crippen molar-refractivity contribution in [1.82, 2.24) is 9.03 Å². The Kier molecular flexibility index (Phi) is 4.41. The van der Waals surface area contributed by atoms with Crippen LogP contribution >= 0.6 is 0 Å². The maximum Gasteiger partial charge on any atom is 0.402 e. The summed E-state index contributed by atoms with van der Waals surface area (Å²) >= 11 is 0. The summed E-state index contributed by atoms with van der Waals surface area (Å²) in [7, 11) is -4.15. The molecule has 1 aliphatic carbocycles. The first-order chi connectivity index (χ1) is 7.74. The zero-order valence-corrected chi connectivity index (χ0v) is 9.81. The summed E-state index contributed by atoms with van der Waals surface area (Å²) in [5.41, 5.74) is 0. The minimum Gasteiger partial charge on any atom is -0.195 e. The second-order valence-corrected chi connectivity index (χ2v) is 5.64. The number of alkyl halides is 3. The number of nitrogens with one attached hydrogen (secondary N) is 1. The molecule has 0 spiro atoms. The lowest BCUT2D eigenvalue weighted by Gasteiger charge is -2.20. The highest BCUT2D eigenvalue weighted by Crippen LogP contribution is 2.30. The van der Waals surface area contributed by atoms with Crippen molar-refractivity contribution in [2.75, 3.05) is 19.6 Å². The second kappa shape index (κ2) is 5.25. The second-order valence-electron chi connectivity index (χ2n) is 3.88. The van der Waals surface area contributed by atoms with E-state index in [1.54, 1.807) is 0 Å². The van der Waals surface area contributed by atoms with Crippen molar-refractivity contribution < 1.29 is 21.6 Å². The monoisotopic (exact) mass is 270 g/mol. The van der Waals surface area contributed by atoms with Gasteiger partial charge in [0.2, 0.25) is 0 Å². The van der Waals surface area contributed by atoms with E-state index < -0.39 is 22.9 Å². The summed E-state index contributed by atoms with van der Waals surface area (Å²) in [4.78, 5) is 0. The SMILES string of the molecule is C#CCN(CC1CC1)S(=O)(=O)NCC(F)(F)F. The van der Waals surface area contributed by atoms with Crippen LogP contribution in [0, 0.1) is 18.3 Å². The van der Waals surface area contributed by atoms with Gasteiger partial charge in [0.15, 0.2) is 0 Å². The average Bonchev–Trinajstić information content (AvgIpc) is 2.97. The van der Waals surface area contributed by atoms with Crippen LogP contribution in [0.3, 0.4) is 0 Å². The van der Waals surface area contributed by atoms with Gasteiger partial charge in [-0.05, 0) is 18.8 Å². The van der Waals surface area contributed by atoms with Crippen LogP contribution in [0.5, 0.6) is 0 Å². The zero-order valence-electron chi connectivity index (χ0n) is 9.00. The fourth-order valence-corrected chi connectivity index (χ4v) is 2.38. The Labute approximate surface area is 98.4 Å². The van der Waals surface area contributed by atoms with E-state index in [0.29, 0.717) is 0 Å². The fraction of sp³-hybridized carbons (Fsp3) is 0.778. The molecule has 1 saturated carbocycles. The standard InChI is InChI=1S/C9H13F3N2O2S/c1-2-5-14(6-8-3-4-8)17(15,16)13-7-9(10,11)12/h1,8,13H,3-7H2. The Balaban J connectivity index is 2.60. The van der Waals surface area contributed by atoms with E-state index in [-0.39, 0.29) is 19.0 Å². The van der Waals surface area contributed by atoms with Crippen LogP contribution in [0.4, 0.5) is 13.2 Å². The number of nitrogens with zero attached hydrogens (tertiary/aromatic N) is 1. The third kappa shape index (κ3) is 5.39. The number of hydrogen-bond donors (Lipinski definition) is 1. The molecule has 4 nitrogen and oxygen atoms in total. The van der Waals surface area contributed by atoms with Gasteiger partial charge in [0.25, 0.3) is 10.2 Å². The van der Waals surface area contributed by atoms with E-state index in [1.807, 2.05) is 0 Å². The van der Waals surface area contributed by atoms with Crippen LogP contribution in [-0.4, -0.2) is 38.5 Å². The molecular weight excluding hydrogens is 257 g/mol. The van der Waals surface area contributed by atoms with Crippen molar-refractivity contribution in [2.24, 2.45) is 5.92 Å². The van der Waals surface area contributed by atoms with E-state index in [2.05, 4.69) is 5.92 Å². The van der Waals surface area contributed by atoms with Gasteiger partial charge in [0.05, 0.1) is 6.54 Å². The first-order valence-electron chi connectivity index (χ1n) is 4.99. The highest BCUT2D eigenvalue weighted by atomic mass is 32.2. The smallest absolute Gasteiger partial charge is 0.195 e. The van der Waals surface area contributed by atoms with Crippen molar-refractivity contribution in [3.05, 3.63) is 0 Å². The summed E-state index contributed by atoms with van der Waals surface area (Å²) < 4.78 is 61.2. The van der Waals surface area contributed by atoms with E-state index >= 15 is 0 Å². The summed E-state index contributed by atoms with van der Waals surface area (Å²) in [6.45, 7) is -1.62. The number of hydrogen-bond acceptors (Lipinski definition) is 2. The quantitative estimate of drug-likeness (QED) is 0.723. The topological polar surface area (TPSA) is 49.4 Å². The number of rotatable bonds is 6. The highest BCUT2D eigenvalue weighted by Gasteiger charge is 2.34. The van der Waals surface area contributed by atoms with E-state index in [9.17, 15) is 21.6 Å². The molecule has 0 amide bonds. The van der Waals surface area contributed by atoms with E-state index in [0.717, 1.165) is 17.1 Å². The fourth-order valence-electron chi connectivity index (χ4n) is 1.20. The van der Waals surface area contributed by atoms with Crippen LogP contribution in [0.1, 0.15) is 12.8 Å². The van der Waals surface area contributed by atoms with Gasteiger partial charge in [0, 0.05) is 6.54 Å². The molecule has 0 aliphatic heterocycles. The molecule has 98 valence electrons. The zero-order chi connectivity index (χ0) is 13.1. The maximum atomic E-state index is 11.9. The molecule has 0 aromatic heterocycles. The molecule has 0 atom stereocenters. The van der Waals surface area contributed by atoms with Crippen molar-refractivity contribution in [3.8, 4) is 12.3 Å². The first kappa shape index (κ1) is 14.3. The Bertz CT molecular complexity index is 395. The number of halogens is 3. The van der Waals surface area contributed by atoms with Gasteiger partial charge in [-0.15, -0.1) is 6.42 Å². The molecule has 1 N–H and O–H groups in total. The third-order valence-electron chi connectivity index (χ3n) is 2.22. The third-order valence-corrected chi connectivity index (χ3v) is 3.69. The van der Waals surface area contributed by atoms with Gasteiger partial charge in [-0.25, -0.2) is 0 Å². The molecule has 17 heavy (non-hydrogen) atoms. The Hall–Kier alpha value is -0.780. The Morgan fingerprint density at radius 3 is 2.41 bits per heavy atom. The Morgan fingerprint density at radius 2 is 2.00 bits per heavy atom. The molecule has 0 unspecified atom stereocenters. The summed E-state index contributed by atoms with van der Waals surface area (Å²) in [5, 5.41) is 0. The average molecular weight is 270 g/mol. The van der Waals surface area contributed by atoms with Gasteiger partial charge >= 0.3 is 6.18 Å². The largest absolute Gasteiger partial charge is 0.402 e. The Morgan fingerprint density at radius 1 is 1.41 bits per heavy atom. The van der Waals surface area contributed by atoms with Gasteiger partial charge < -0.3 is 0 Å². The minimum absolute atomic E-state index is 0.178. The van der Waals surface area contributed by atoms with E-state index in [4.69, 9.17) is 6.42 Å². The summed E-state index contributed by atoms with van der Waals surface area (Å²) in [5.74, 6) is 2.34. The number of terminal acetylenes is 1. The molecule has 0 aromatic carbocycles. The molecule has 0 heterocycles. The molecule has 8 heteroatoms. The van der Waals surface area contributed by atoms with Gasteiger partial charge in [-0.2, -0.15) is 30.6 Å².